The average Bonchev–Trinajstić information content (AvgIpc) is 2.92. The molecule has 9 nitrogen and oxygen atoms in total. The Bertz CT molecular complexity index is 736. The summed E-state index contributed by atoms with van der Waals surface area (Å²) < 4.78 is 2.92. The van der Waals surface area contributed by atoms with E-state index in [-0.39, 0.29) is 17.5 Å². The van der Waals surface area contributed by atoms with Gasteiger partial charge in [-0.1, -0.05) is 11.6 Å². The number of nitrogens with one attached hydrogen (secondary N) is 1. The molecule has 118 valence electrons. The zero-order chi connectivity index (χ0) is 16.4. The molecule has 22 heavy (non-hydrogen) atoms. The first-order chi connectivity index (χ1) is 10.3. The molecule has 0 aliphatic heterocycles. The summed E-state index contributed by atoms with van der Waals surface area (Å²) in [5.74, 6) is -0.768. The van der Waals surface area contributed by atoms with E-state index in [0.29, 0.717) is 12.2 Å². The van der Waals surface area contributed by atoms with Gasteiger partial charge < -0.3 is 15.4 Å². The summed E-state index contributed by atoms with van der Waals surface area (Å²) in [6.45, 7) is 3.66. The Balaban J connectivity index is 2.02. The third-order valence-corrected chi connectivity index (χ3v) is 3.84. The Labute approximate surface area is 131 Å². The fraction of sp³-hybridized carbons (Fsp3) is 0.417. The minimum atomic E-state index is -0.678. The maximum absolute atomic E-state index is 11.9. The van der Waals surface area contributed by atoms with Crippen molar-refractivity contribution < 1.29 is 9.72 Å². The molecule has 0 aliphatic rings. The van der Waals surface area contributed by atoms with Gasteiger partial charge in [-0.2, -0.15) is 9.78 Å². The van der Waals surface area contributed by atoms with Crippen LogP contribution in [0.1, 0.15) is 17.0 Å². The summed E-state index contributed by atoms with van der Waals surface area (Å²) in [4.78, 5) is 22.0. The molecule has 10 heteroatoms. The average molecular weight is 327 g/mol. The molecule has 0 saturated carbocycles. The molecule has 1 N–H and O–H groups in total. The molecule has 0 bridgehead atoms. The van der Waals surface area contributed by atoms with Crippen molar-refractivity contribution in [3.05, 3.63) is 38.3 Å². The van der Waals surface area contributed by atoms with Crippen LogP contribution in [0.2, 0.25) is 5.02 Å². The van der Waals surface area contributed by atoms with Crippen LogP contribution >= 0.6 is 11.6 Å². The third kappa shape index (κ3) is 3.08. The maximum Gasteiger partial charge on any atom is 0.408 e. The lowest BCUT2D eigenvalue weighted by atomic mass is 10.2. The number of rotatable bonds is 5. The van der Waals surface area contributed by atoms with Crippen molar-refractivity contribution in [2.75, 3.05) is 0 Å². The van der Waals surface area contributed by atoms with Crippen LogP contribution < -0.4 is 5.32 Å². The van der Waals surface area contributed by atoms with Gasteiger partial charge in [-0.05, 0) is 18.8 Å². The van der Waals surface area contributed by atoms with Crippen LogP contribution in [-0.2, 0) is 24.9 Å². The number of aromatic nitrogens is 4. The zero-order valence-corrected chi connectivity index (χ0v) is 13.1. The van der Waals surface area contributed by atoms with E-state index >= 15 is 0 Å². The number of nitrogens with zero attached hydrogens (tertiary/aromatic N) is 5. The van der Waals surface area contributed by atoms with Crippen molar-refractivity contribution in [2.45, 2.75) is 26.9 Å². The van der Waals surface area contributed by atoms with Crippen molar-refractivity contribution in [3.8, 4) is 0 Å². The highest BCUT2D eigenvalue weighted by Crippen LogP contribution is 2.26. The second-order valence-electron chi connectivity index (χ2n) is 4.79. The van der Waals surface area contributed by atoms with Crippen LogP contribution in [0.15, 0.2) is 6.20 Å². The van der Waals surface area contributed by atoms with Gasteiger partial charge in [-0.25, -0.2) is 0 Å². The lowest BCUT2D eigenvalue weighted by molar-refractivity contribution is -0.389. The summed E-state index contributed by atoms with van der Waals surface area (Å²) in [7, 11) is 1.81. The van der Waals surface area contributed by atoms with Crippen molar-refractivity contribution in [2.24, 2.45) is 7.05 Å². The largest absolute Gasteiger partial charge is 0.408 e. The summed E-state index contributed by atoms with van der Waals surface area (Å²) in [6, 6.07) is 0. The molecule has 0 aromatic carbocycles. The highest BCUT2D eigenvalue weighted by atomic mass is 35.5. The van der Waals surface area contributed by atoms with Crippen LogP contribution in [0.25, 0.3) is 0 Å². The topological polar surface area (TPSA) is 108 Å². The molecule has 0 radical (unpaired) electrons. The molecule has 0 unspecified atom stereocenters. The van der Waals surface area contributed by atoms with Crippen LogP contribution in [0.5, 0.6) is 0 Å². The number of aryl methyl sites for hydroxylation is 1. The highest BCUT2D eigenvalue weighted by Gasteiger charge is 2.24. The maximum atomic E-state index is 11.9. The smallest absolute Gasteiger partial charge is 0.358 e. The van der Waals surface area contributed by atoms with Gasteiger partial charge in [0, 0.05) is 24.8 Å². The third-order valence-electron chi connectivity index (χ3n) is 3.40. The van der Waals surface area contributed by atoms with Gasteiger partial charge in [0.25, 0.3) is 0 Å². The number of carbonyl (C=O) groups excluding carboxylic acids is 1. The summed E-state index contributed by atoms with van der Waals surface area (Å²) >= 11 is 5.82. The molecule has 2 rings (SSSR count). The first-order valence-corrected chi connectivity index (χ1v) is 6.80. The highest BCUT2D eigenvalue weighted by molar-refractivity contribution is 6.33. The quantitative estimate of drug-likeness (QED) is 0.654. The summed E-state index contributed by atoms with van der Waals surface area (Å²) in [6.07, 6.45) is 1.68. The molecule has 0 aliphatic carbocycles. The normalized spacial score (nSPS) is 10.7. The zero-order valence-electron chi connectivity index (χ0n) is 12.3. The Hall–Kier alpha value is -2.42. The Kier molecular flexibility index (Phi) is 4.45. The second-order valence-corrected chi connectivity index (χ2v) is 5.17. The van der Waals surface area contributed by atoms with Gasteiger partial charge >= 0.3 is 5.82 Å². The lowest BCUT2D eigenvalue weighted by Gasteiger charge is -2.04. The molecule has 0 spiro atoms. The molecular weight excluding hydrogens is 312 g/mol. The molecular formula is C12H15ClN6O3. The van der Waals surface area contributed by atoms with Gasteiger partial charge in [0.1, 0.15) is 6.54 Å². The van der Waals surface area contributed by atoms with Crippen molar-refractivity contribution in [1.82, 2.24) is 24.9 Å². The fourth-order valence-corrected chi connectivity index (χ4v) is 2.09. The first kappa shape index (κ1) is 16.0. The van der Waals surface area contributed by atoms with Gasteiger partial charge in [-0.15, -0.1) is 0 Å². The van der Waals surface area contributed by atoms with Gasteiger partial charge in [0.05, 0.1) is 17.0 Å². The van der Waals surface area contributed by atoms with E-state index in [1.165, 1.54) is 4.68 Å². The number of hydrogen-bond acceptors (Lipinski definition) is 5. The van der Waals surface area contributed by atoms with Crippen LogP contribution in [0, 0.1) is 24.0 Å². The number of carbonyl (C=O) groups is 1. The molecule has 2 heterocycles. The van der Waals surface area contributed by atoms with E-state index in [2.05, 4.69) is 15.5 Å². The molecule has 0 saturated heterocycles. The van der Waals surface area contributed by atoms with E-state index in [0.717, 1.165) is 11.3 Å². The molecule has 2 aromatic heterocycles. The van der Waals surface area contributed by atoms with Gasteiger partial charge in [0.15, 0.2) is 5.02 Å². The Morgan fingerprint density at radius 3 is 2.64 bits per heavy atom. The van der Waals surface area contributed by atoms with Crippen molar-refractivity contribution >= 4 is 23.3 Å². The second kappa shape index (κ2) is 6.14. The van der Waals surface area contributed by atoms with Crippen molar-refractivity contribution in [3.63, 3.8) is 0 Å². The number of nitro groups is 1. The first-order valence-electron chi connectivity index (χ1n) is 6.42. The van der Waals surface area contributed by atoms with Gasteiger partial charge in [-0.3, -0.25) is 9.48 Å². The van der Waals surface area contributed by atoms with Crippen LogP contribution in [0.4, 0.5) is 5.82 Å². The van der Waals surface area contributed by atoms with E-state index in [4.69, 9.17) is 11.6 Å². The molecule has 0 atom stereocenters. The van der Waals surface area contributed by atoms with Gasteiger partial charge in [0.2, 0.25) is 5.91 Å². The van der Waals surface area contributed by atoms with Crippen molar-refractivity contribution in [1.29, 1.82) is 0 Å². The molecule has 1 amide bonds. The standard InChI is InChI=1S/C12H15ClN6O3/c1-7-9(5-15-17(7)3)4-14-10(20)6-18-8(2)11(13)12(16-18)19(21)22/h5H,4,6H2,1-3H3,(H,14,20). The number of halogens is 1. The van der Waals surface area contributed by atoms with Crippen LogP contribution in [-0.4, -0.2) is 30.4 Å². The van der Waals surface area contributed by atoms with E-state index < -0.39 is 10.7 Å². The monoisotopic (exact) mass is 326 g/mol. The number of amides is 1. The fourth-order valence-electron chi connectivity index (χ4n) is 1.88. The summed E-state index contributed by atoms with van der Waals surface area (Å²) in [5.41, 5.74) is 2.23. The number of hydrogen-bond donors (Lipinski definition) is 1. The van der Waals surface area contributed by atoms with Crippen LogP contribution in [0.3, 0.4) is 0 Å². The van der Waals surface area contributed by atoms with E-state index in [1.807, 2.05) is 14.0 Å². The minimum absolute atomic E-state index is 0.0547. The predicted octanol–water partition coefficient (Wildman–Crippen LogP) is 1.11. The Morgan fingerprint density at radius 1 is 1.45 bits per heavy atom. The summed E-state index contributed by atoms with van der Waals surface area (Å²) in [5, 5.41) is 21.2. The predicted molar refractivity (Wildman–Crippen MR) is 78.4 cm³/mol. The minimum Gasteiger partial charge on any atom is -0.358 e. The molecule has 0 fully saturated rings. The molecule has 2 aromatic rings. The van der Waals surface area contributed by atoms with E-state index in [9.17, 15) is 14.9 Å². The lowest BCUT2D eigenvalue weighted by Crippen LogP contribution is -2.28. The van der Waals surface area contributed by atoms with E-state index in [1.54, 1.807) is 17.8 Å². The SMILES string of the molecule is Cc1c(CNC(=O)Cn2nc([N+](=O)[O-])c(Cl)c2C)cnn1C. The Morgan fingerprint density at radius 2 is 2.14 bits per heavy atom.